The standard InChI is InChI=1S/C12H15ClN2O4/c1-8(4-3-7-16)14-12(17)9-5-2-6-10(11(9)13)15(18)19/h2,5-6,8,16H,3-4,7H2,1H3,(H,14,17). The number of nitrogens with one attached hydrogen (secondary N) is 1. The van der Waals surface area contributed by atoms with Gasteiger partial charge in [0.15, 0.2) is 0 Å². The Morgan fingerprint density at radius 2 is 2.26 bits per heavy atom. The fraction of sp³-hybridized carbons (Fsp3) is 0.417. The minimum atomic E-state index is -0.631. The highest BCUT2D eigenvalue weighted by Gasteiger charge is 2.20. The van der Waals surface area contributed by atoms with Crippen LogP contribution in [0.25, 0.3) is 0 Å². The number of rotatable bonds is 6. The second-order valence-electron chi connectivity index (χ2n) is 4.14. The van der Waals surface area contributed by atoms with Crippen LogP contribution in [0.3, 0.4) is 0 Å². The van der Waals surface area contributed by atoms with E-state index in [1.165, 1.54) is 18.2 Å². The van der Waals surface area contributed by atoms with Crippen molar-refractivity contribution < 1.29 is 14.8 Å². The van der Waals surface area contributed by atoms with Crippen molar-refractivity contribution >= 4 is 23.2 Å². The van der Waals surface area contributed by atoms with Crippen molar-refractivity contribution in [3.05, 3.63) is 38.9 Å². The number of benzene rings is 1. The van der Waals surface area contributed by atoms with Crippen LogP contribution in [0.1, 0.15) is 30.1 Å². The van der Waals surface area contributed by atoms with Crippen molar-refractivity contribution in [3.8, 4) is 0 Å². The molecule has 0 aliphatic heterocycles. The number of nitro benzene ring substituents is 1. The Bertz CT molecular complexity index is 479. The summed E-state index contributed by atoms with van der Waals surface area (Å²) in [6, 6.07) is 3.95. The van der Waals surface area contributed by atoms with Crippen molar-refractivity contribution in [2.45, 2.75) is 25.8 Å². The van der Waals surface area contributed by atoms with Gasteiger partial charge in [0, 0.05) is 18.7 Å². The van der Waals surface area contributed by atoms with Gasteiger partial charge in [-0.25, -0.2) is 0 Å². The molecule has 1 aromatic carbocycles. The smallest absolute Gasteiger partial charge is 0.288 e. The summed E-state index contributed by atoms with van der Waals surface area (Å²) in [4.78, 5) is 22.0. The first-order chi connectivity index (χ1) is 8.97. The van der Waals surface area contributed by atoms with Crippen LogP contribution in [0.15, 0.2) is 18.2 Å². The van der Waals surface area contributed by atoms with Gasteiger partial charge < -0.3 is 10.4 Å². The van der Waals surface area contributed by atoms with Gasteiger partial charge in [-0.3, -0.25) is 14.9 Å². The number of amides is 1. The van der Waals surface area contributed by atoms with Crippen LogP contribution >= 0.6 is 11.6 Å². The molecule has 1 amide bonds. The minimum absolute atomic E-state index is 0.0533. The maximum atomic E-state index is 11.9. The van der Waals surface area contributed by atoms with E-state index >= 15 is 0 Å². The number of hydrogen-bond acceptors (Lipinski definition) is 4. The van der Waals surface area contributed by atoms with Gasteiger partial charge in [-0.2, -0.15) is 0 Å². The molecule has 0 heterocycles. The number of carbonyl (C=O) groups excluding carboxylic acids is 1. The van der Waals surface area contributed by atoms with Crippen LogP contribution in [0, 0.1) is 10.1 Å². The molecule has 6 nitrogen and oxygen atoms in total. The third-order valence-electron chi connectivity index (χ3n) is 2.59. The van der Waals surface area contributed by atoms with E-state index in [4.69, 9.17) is 16.7 Å². The Hall–Kier alpha value is -1.66. The predicted molar refractivity (Wildman–Crippen MR) is 71.4 cm³/mol. The second-order valence-corrected chi connectivity index (χ2v) is 4.51. The predicted octanol–water partition coefficient (Wildman–Crippen LogP) is 2.14. The number of nitro groups is 1. The Morgan fingerprint density at radius 1 is 1.58 bits per heavy atom. The molecule has 7 heteroatoms. The molecule has 0 saturated heterocycles. The van der Waals surface area contributed by atoms with Gasteiger partial charge in [0.25, 0.3) is 11.6 Å². The fourth-order valence-electron chi connectivity index (χ4n) is 1.61. The molecule has 2 N–H and O–H groups in total. The Kier molecular flexibility index (Phi) is 5.72. The molecule has 0 bridgehead atoms. The molecule has 0 fully saturated rings. The van der Waals surface area contributed by atoms with Crippen molar-refractivity contribution in [3.63, 3.8) is 0 Å². The van der Waals surface area contributed by atoms with Gasteiger partial charge in [0.05, 0.1) is 10.5 Å². The van der Waals surface area contributed by atoms with E-state index in [-0.39, 0.29) is 28.9 Å². The van der Waals surface area contributed by atoms with Crippen LogP contribution in [-0.2, 0) is 0 Å². The molecule has 1 unspecified atom stereocenters. The highest BCUT2D eigenvalue weighted by atomic mass is 35.5. The third-order valence-corrected chi connectivity index (χ3v) is 2.99. The number of halogens is 1. The van der Waals surface area contributed by atoms with Gasteiger partial charge in [-0.15, -0.1) is 0 Å². The monoisotopic (exact) mass is 286 g/mol. The normalized spacial score (nSPS) is 11.9. The van der Waals surface area contributed by atoms with Crippen molar-refractivity contribution in [2.75, 3.05) is 6.61 Å². The lowest BCUT2D eigenvalue weighted by atomic mass is 10.1. The largest absolute Gasteiger partial charge is 0.396 e. The van der Waals surface area contributed by atoms with E-state index < -0.39 is 10.8 Å². The summed E-state index contributed by atoms with van der Waals surface area (Å²) < 4.78 is 0. The molecule has 104 valence electrons. The minimum Gasteiger partial charge on any atom is -0.396 e. The zero-order valence-corrected chi connectivity index (χ0v) is 11.2. The average Bonchev–Trinajstić information content (AvgIpc) is 2.36. The van der Waals surface area contributed by atoms with Gasteiger partial charge in [0.1, 0.15) is 5.02 Å². The number of nitrogens with zero attached hydrogens (tertiary/aromatic N) is 1. The van der Waals surface area contributed by atoms with E-state index in [0.29, 0.717) is 12.8 Å². The summed E-state index contributed by atoms with van der Waals surface area (Å²) in [6.07, 6.45) is 1.19. The van der Waals surface area contributed by atoms with Gasteiger partial charge in [-0.05, 0) is 25.8 Å². The first kappa shape index (κ1) is 15.4. The molecule has 1 rings (SSSR count). The Morgan fingerprint density at radius 3 is 2.84 bits per heavy atom. The summed E-state index contributed by atoms with van der Waals surface area (Å²) in [5.41, 5.74) is -0.218. The molecule has 0 aliphatic rings. The molecule has 19 heavy (non-hydrogen) atoms. The van der Waals surface area contributed by atoms with E-state index in [9.17, 15) is 14.9 Å². The first-order valence-corrected chi connectivity index (χ1v) is 6.19. The molecule has 0 saturated carbocycles. The maximum absolute atomic E-state index is 11.9. The number of aliphatic hydroxyl groups is 1. The second kappa shape index (κ2) is 7.06. The number of carbonyl (C=O) groups is 1. The van der Waals surface area contributed by atoms with E-state index in [0.717, 1.165) is 0 Å². The summed E-state index contributed by atoms with van der Waals surface area (Å²) >= 11 is 5.84. The summed E-state index contributed by atoms with van der Waals surface area (Å²) in [7, 11) is 0. The molecular formula is C12H15ClN2O4. The Labute approximate surface area is 115 Å². The number of aliphatic hydroxyl groups excluding tert-OH is 1. The topological polar surface area (TPSA) is 92.5 Å². The van der Waals surface area contributed by atoms with E-state index in [2.05, 4.69) is 5.32 Å². The van der Waals surface area contributed by atoms with Gasteiger partial charge in [-0.1, -0.05) is 17.7 Å². The number of hydrogen-bond donors (Lipinski definition) is 2. The first-order valence-electron chi connectivity index (χ1n) is 5.82. The third kappa shape index (κ3) is 4.18. The Balaban J connectivity index is 2.83. The molecule has 1 atom stereocenters. The zero-order chi connectivity index (χ0) is 14.4. The highest BCUT2D eigenvalue weighted by molar-refractivity contribution is 6.35. The molecule has 0 radical (unpaired) electrons. The summed E-state index contributed by atoms with van der Waals surface area (Å²) in [5.74, 6) is -0.459. The fourth-order valence-corrected chi connectivity index (χ4v) is 1.89. The van der Waals surface area contributed by atoms with Gasteiger partial charge >= 0.3 is 0 Å². The lowest BCUT2D eigenvalue weighted by molar-refractivity contribution is -0.384. The molecule has 0 aliphatic carbocycles. The molecular weight excluding hydrogens is 272 g/mol. The van der Waals surface area contributed by atoms with Crippen molar-refractivity contribution in [2.24, 2.45) is 0 Å². The molecule has 0 aromatic heterocycles. The van der Waals surface area contributed by atoms with E-state index in [1.807, 2.05) is 0 Å². The van der Waals surface area contributed by atoms with Crippen LogP contribution in [0.5, 0.6) is 0 Å². The van der Waals surface area contributed by atoms with Crippen LogP contribution in [0.4, 0.5) is 5.69 Å². The lowest BCUT2D eigenvalue weighted by Gasteiger charge is -2.13. The maximum Gasteiger partial charge on any atom is 0.288 e. The van der Waals surface area contributed by atoms with Crippen LogP contribution in [0.2, 0.25) is 5.02 Å². The van der Waals surface area contributed by atoms with Crippen LogP contribution in [-0.4, -0.2) is 28.6 Å². The molecule has 1 aromatic rings. The van der Waals surface area contributed by atoms with Crippen molar-refractivity contribution in [1.82, 2.24) is 5.32 Å². The highest BCUT2D eigenvalue weighted by Crippen LogP contribution is 2.27. The quantitative estimate of drug-likeness (QED) is 0.619. The summed E-state index contributed by atoms with van der Waals surface area (Å²) in [6.45, 7) is 1.84. The van der Waals surface area contributed by atoms with E-state index in [1.54, 1.807) is 6.92 Å². The van der Waals surface area contributed by atoms with Crippen molar-refractivity contribution in [1.29, 1.82) is 0 Å². The summed E-state index contributed by atoms with van der Waals surface area (Å²) in [5, 5.41) is 21.9. The SMILES string of the molecule is CC(CCCO)NC(=O)c1cccc([N+](=O)[O-])c1Cl. The zero-order valence-electron chi connectivity index (χ0n) is 10.4. The lowest BCUT2D eigenvalue weighted by Crippen LogP contribution is -2.32. The average molecular weight is 287 g/mol. The van der Waals surface area contributed by atoms with Gasteiger partial charge in [0.2, 0.25) is 0 Å². The molecule has 0 spiro atoms. The van der Waals surface area contributed by atoms with Crippen LogP contribution < -0.4 is 5.32 Å².